The largest absolute Gasteiger partial charge is 0.379 e. The van der Waals surface area contributed by atoms with Gasteiger partial charge in [-0.3, -0.25) is 14.6 Å². The Balaban J connectivity index is 1.52. The summed E-state index contributed by atoms with van der Waals surface area (Å²) in [7, 11) is 0. The fourth-order valence-corrected chi connectivity index (χ4v) is 4.68. The fourth-order valence-electron chi connectivity index (χ4n) is 3.80. The van der Waals surface area contributed by atoms with Gasteiger partial charge in [-0.05, 0) is 24.5 Å². The van der Waals surface area contributed by atoms with Crippen LogP contribution in [0.4, 0.5) is 5.13 Å². The lowest BCUT2D eigenvalue weighted by molar-refractivity contribution is -0.118. The molecular formula is C26H31N3O2S. The maximum atomic E-state index is 13.3. The monoisotopic (exact) mass is 449 g/mol. The van der Waals surface area contributed by atoms with Gasteiger partial charge in [0, 0.05) is 37.1 Å². The van der Waals surface area contributed by atoms with Crippen LogP contribution in [0.5, 0.6) is 0 Å². The topological polar surface area (TPSA) is 45.7 Å². The Morgan fingerprint density at radius 3 is 2.44 bits per heavy atom. The number of aryl methyl sites for hydroxylation is 2. The van der Waals surface area contributed by atoms with Crippen molar-refractivity contribution < 1.29 is 9.53 Å². The molecule has 1 fully saturated rings. The average Bonchev–Trinajstić information content (AvgIpc) is 3.31. The van der Waals surface area contributed by atoms with Gasteiger partial charge in [-0.2, -0.15) is 0 Å². The van der Waals surface area contributed by atoms with Crippen molar-refractivity contribution in [1.29, 1.82) is 0 Å². The molecule has 5 nitrogen and oxygen atoms in total. The summed E-state index contributed by atoms with van der Waals surface area (Å²) in [5.74, 6) is 0.0874. The zero-order chi connectivity index (χ0) is 22.3. The number of morpholine rings is 1. The van der Waals surface area contributed by atoms with Crippen LogP contribution in [-0.2, 0) is 22.4 Å². The molecule has 0 saturated carbocycles. The molecule has 1 aliphatic heterocycles. The number of rotatable bonds is 8. The number of carbonyl (C=O) groups excluding carboxylic acids is 1. The van der Waals surface area contributed by atoms with Crippen molar-refractivity contribution in [3.8, 4) is 11.3 Å². The molecular weight excluding hydrogens is 418 g/mol. The van der Waals surface area contributed by atoms with Gasteiger partial charge in [0.15, 0.2) is 5.13 Å². The fraction of sp³-hybridized carbons (Fsp3) is 0.385. The third-order valence-corrected chi connectivity index (χ3v) is 6.77. The Bertz CT molecular complexity index is 1010. The number of anilines is 1. The zero-order valence-electron chi connectivity index (χ0n) is 18.9. The minimum Gasteiger partial charge on any atom is -0.379 e. The van der Waals surface area contributed by atoms with Crippen LogP contribution in [0, 0.1) is 6.92 Å². The second-order valence-electron chi connectivity index (χ2n) is 8.23. The lowest BCUT2D eigenvalue weighted by Crippen LogP contribution is -2.43. The molecule has 6 heteroatoms. The van der Waals surface area contributed by atoms with E-state index in [1.807, 2.05) is 17.0 Å². The minimum absolute atomic E-state index is 0.0874. The number of benzene rings is 2. The second kappa shape index (κ2) is 10.9. The highest BCUT2D eigenvalue weighted by Gasteiger charge is 2.21. The van der Waals surface area contributed by atoms with Crippen molar-refractivity contribution in [2.45, 2.75) is 26.7 Å². The lowest BCUT2D eigenvalue weighted by Gasteiger charge is -2.29. The van der Waals surface area contributed by atoms with E-state index in [-0.39, 0.29) is 5.91 Å². The number of aromatic nitrogens is 1. The molecule has 2 heterocycles. The number of ether oxygens (including phenoxy) is 1. The van der Waals surface area contributed by atoms with Gasteiger partial charge in [-0.25, -0.2) is 4.98 Å². The second-order valence-corrected chi connectivity index (χ2v) is 9.06. The van der Waals surface area contributed by atoms with Crippen LogP contribution in [0.2, 0.25) is 0 Å². The van der Waals surface area contributed by atoms with E-state index < -0.39 is 0 Å². The first-order valence-electron chi connectivity index (χ1n) is 11.3. The van der Waals surface area contributed by atoms with Crippen molar-refractivity contribution in [3.05, 3.63) is 70.6 Å². The predicted octanol–water partition coefficient (Wildman–Crippen LogP) is 4.59. The van der Waals surface area contributed by atoms with Gasteiger partial charge in [-0.15, -0.1) is 11.3 Å². The van der Waals surface area contributed by atoms with Crippen LogP contribution < -0.4 is 4.90 Å². The molecule has 0 aliphatic carbocycles. The van der Waals surface area contributed by atoms with Crippen LogP contribution in [-0.4, -0.2) is 55.2 Å². The summed E-state index contributed by atoms with van der Waals surface area (Å²) in [6, 6.07) is 16.7. The highest BCUT2D eigenvalue weighted by Crippen LogP contribution is 2.28. The smallest absolute Gasteiger partial charge is 0.233 e. The molecule has 2 aromatic carbocycles. The van der Waals surface area contributed by atoms with E-state index in [0.29, 0.717) is 13.0 Å². The molecule has 4 rings (SSSR count). The molecule has 0 unspecified atom stereocenters. The van der Waals surface area contributed by atoms with E-state index in [4.69, 9.17) is 9.72 Å². The third kappa shape index (κ3) is 5.82. The van der Waals surface area contributed by atoms with Gasteiger partial charge in [0.25, 0.3) is 0 Å². The van der Waals surface area contributed by atoms with E-state index >= 15 is 0 Å². The number of thiazole rings is 1. The van der Waals surface area contributed by atoms with Crippen molar-refractivity contribution in [1.82, 2.24) is 9.88 Å². The van der Waals surface area contributed by atoms with Gasteiger partial charge < -0.3 is 4.74 Å². The minimum atomic E-state index is 0.0874. The molecule has 1 amide bonds. The number of carbonyl (C=O) groups is 1. The van der Waals surface area contributed by atoms with E-state index in [1.165, 1.54) is 11.1 Å². The molecule has 0 spiro atoms. The zero-order valence-corrected chi connectivity index (χ0v) is 19.7. The first-order chi connectivity index (χ1) is 15.6. The highest BCUT2D eigenvalue weighted by atomic mass is 32.1. The summed E-state index contributed by atoms with van der Waals surface area (Å²) >= 11 is 1.54. The Hall–Kier alpha value is -2.54. The van der Waals surface area contributed by atoms with Crippen LogP contribution in [0.1, 0.15) is 23.6 Å². The molecule has 1 saturated heterocycles. The SMILES string of the molecule is CCc1ccc(-c2csc(N(CCN3CCOCC3)C(=O)Cc3ccc(C)cc3)n2)cc1. The molecule has 0 atom stereocenters. The van der Waals surface area contributed by atoms with Gasteiger partial charge >= 0.3 is 0 Å². The maximum Gasteiger partial charge on any atom is 0.233 e. The van der Waals surface area contributed by atoms with E-state index in [2.05, 4.69) is 60.5 Å². The Labute approximate surface area is 194 Å². The van der Waals surface area contributed by atoms with Crippen LogP contribution in [0.25, 0.3) is 11.3 Å². The Morgan fingerprint density at radius 1 is 1.06 bits per heavy atom. The highest BCUT2D eigenvalue weighted by molar-refractivity contribution is 7.14. The molecule has 1 aromatic heterocycles. The Morgan fingerprint density at radius 2 is 1.75 bits per heavy atom. The van der Waals surface area contributed by atoms with Gasteiger partial charge in [-0.1, -0.05) is 61.0 Å². The molecule has 3 aromatic rings. The number of hydrogen-bond donors (Lipinski definition) is 0. The van der Waals surface area contributed by atoms with Gasteiger partial charge in [0.1, 0.15) is 0 Å². The summed E-state index contributed by atoms with van der Waals surface area (Å²) in [6.45, 7) is 9.00. The third-order valence-electron chi connectivity index (χ3n) is 5.90. The number of hydrogen-bond acceptors (Lipinski definition) is 5. The van der Waals surface area contributed by atoms with Crippen LogP contribution >= 0.6 is 11.3 Å². The number of amides is 1. The van der Waals surface area contributed by atoms with Crippen LogP contribution in [0.3, 0.4) is 0 Å². The van der Waals surface area contributed by atoms with Crippen molar-refractivity contribution in [2.24, 2.45) is 0 Å². The summed E-state index contributed by atoms with van der Waals surface area (Å²) < 4.78 is 5.46. The summed E-state index contributed by atoms with van der Waals surface area (Å²) in [5, 5.41) is 2.82. The van der Waals surface area contributed by atoms with Gasteiger partial charge in [0.05, 0.1) is 25.3 Å². The first kappa shape index (κ1) is 22.6. The predicted molar refractivity (Wildman–Crippen MR) is 131 cm³/mol. The lowest BCUT2D eigenvalue weighted by atomic mass is 10.1. The van der Waals surface area contributed by atoms with E-state index in [9.17, 15) is 4.79 Å². The normalized spacial score (nSPS) is 14.4. The van der Waals surface area contributed by atoms with Crippen LogP contribution in [0.15, 0.2) is 53.9 Å². The Kier molecular flexibility index (Phi) is 7.68. The molecule has 0 radical (unpaired) electrons. The van der Waals surface area contributed by atoms with Crippen molar-refractivity contribution in [2.75, 3.05) is 44.3 Å². The summed E-state index contributed by atoms with van der Waals surface area (Å²) in [6.07, 6.45) is 1.40. The quantitative estimate of drug-likeness (QED) is 0.505. The summed E-state index contributed by atoms with van der Waals surface area (Å²) in [4.78, 5) is 22.4. The molecule has 1 aliphatic rings. The standard InChI is InChI=1S/C26H31N3O2S/c1-3-21-8-10-23(11-9-21)24-19-32-26(27-24)29(13-12-28-14-16-31-17-15-28)25(30)18-22-6-4-20(2)5-7-22/h4-11,19H,3,12-18H2,1-2H3. The maximum absolute atomic E-state index is 13.3. The molecule has 168 valence electrons. The van der Waals surface area contributed by atoms with Crippen molar-refractivity contribution >= 4 is 22.4 Å². The van der Waals surface area contributed by atoms with E-state index in [0.717, 1.165) is 61.2 Å². The number of nitrogens with zero attached hydrogens (tertiary/aromatic N) is 3. The average molecular weight is 450 g/mol. The molecule has 0 N–H and O–H groups in total. The molecule has 0 bridgehead atoms. The molecule has 32 heavy (non-hydrogen) atoms. The van der Waals surface area contributed by atoms with E-state index in [1.54, 1.807) is 11.3 Å². The van der Waals surface area contributed by atoms with Crippen molar-refractivity contribution in [3.63, 3.8) is 0 Å². The van der Waals surface area contributed by atoms with Gasteiger partial charge in [0.2, 0.25) is 5.91 Å². The summed E-state index contributed by atoms with van der Waals surface area (Å²) in [5.41, 5.74) is 5.55. The first-order valence-corrected chi connectivity index (χ1v) is 12.2.